The van der Waals surface area contributed by atoms with Crippen LogP contribution < -0.4 is 17.1 Å². The number of rotatable bonds is 11. The van der Waals surface area contributed by atoms with Gasteiger partial charge < -0.3 is 9.47 Å². The number of epoxide rings is 2. The molecular formula is C15H23N3O5S2. The zero-order chi connectivity index (χ0) is 17.8. The van der Waals surface area contributed by atoms with Gasteiger partial charge in [0, 0.05) is 18.1 Å². The lowest BCUT2D eigenvalue weighted by molar-refractivity contribution is 0.340. The summed E-state index contributed by atoms with van der Waals surface area (Å²) in [5.41, 5.74) is -1.63. The van der Waals surface area contributed by atoms with E-state index in [0.717, 1.165) is 26.4 Å². The first kappa shape index (κ1) is 18.8. The lowest BCUT2D eigenvalue weighted by Crippen LogP contribution is -2.55. The van der Waals surface area contributed by atoms with E-state index in [9.17, 15) is 14.4 Å². The Hall–Kier alpha value is -0.970. The van der Waals surface area contributed by atoms with Crippen molar-refractivity contribution in [2.75, 3.05) is 36.7 Å². The van der Waals surface area contributed by atoms with E-state index in [0.29, 0.717) is 26.2 Å². The number of aromatic nitrogens is 3. The third-order valence-corrected chi connectivity index (χ3v) is 6.01. The summed E-state index contributed by atoms with van der Waals surface area (Å²) in [5.74, 6) is 3.02. The highest BCUT2D eigenvalue weighted by Gasteiger charge is 2.29. The molecule has 2 unspecified atom stereocenters. The molecule has 0 bridgehead atoms. The Labute approximate surface area is 153 Å². The van der Waals surface area contributed by atoms with Crippen LogP contribution in [0.25, 0.3) is 0 Å². The highest BCUT2D eigenvalue weighted by Crippen LogP contribution is 2.11. The fourth-order valence-electron chi connectivity index (χ4n) is 2.51. The molecule has 2 aliphatic heterocycles. The Balaban J connectivity index is 1.78. The molecule has 0 aliphatic carbocycles. The van der Waals surface area contributed by atoms with Crippen molar-refractivity contribution in [3.05, 3.63) is 31.5 Å². The summed E-state index contributed by atoms with van der Waals surface area (Å²) >= 11 is 3.61. The largest absolute Gasteiger partial charge is 0.371 e. The van der Waals surface area contributed by atoms with E-state index in [-0.39, 0.29) is 25.3 Å². The van der Waals surface area contributed by atoms with E-state index >= 15 is 0 Å². The Morgan fingerprint density at radius 2 is 1.40 bits per heavy atom. The summed E-state index contributed by atoms with van der Waals surface area (Å²) in [6.45, 7) is 1.81. The van der Waals surface area contributed by atoms with Crippen LogP contribution in [0, 0.1) is 0 Å². The van der Waals surface area contributed by atoms with Crippen molar-refractivity contribution in [1.29, 1.82) is 0 Å². The van der Waals surface area contributed by atoms with Crippen LogP contribution in [0.2, 0.25) is 0 Å². The number of hydrogen-bond acceptors (Lipinski definition) is 7. The Bertz CT molecular complexity index is 712. The van der Waals surface area contributed by atoms with E-state index in [1.165, 1.54) is 4.57 Å². The summed E-state index contributed by atoms with van der Waals surface area (Å²) in [4.78, 5) is 37.8. The quantitative estimate of drug-likeness (QED) is 0.371. The fourth-order valence-corrected chi connectivity index (χ4v) is 4.18. The van der Waals surface area contributed by atoms with Gasteiger partial charge in [0.2, 0.25) is 0 Å². The van der Waals surface area contributed by atoms with Gasteiger partial charge in [-0.1, -0.05) is 0 Å². The van der Waals surface area contributed by atoms with Gasteiger partial charge in [-0.25, -0.2) is 28.1 Å². The molecule has 0 radical (unpaired) electrons. The molecule has 8 nitrogen and oxygen atoms in total. The maximum atomic E-state index is 12.6. The molecule has 2 fully saturated rings. The van der Waals surface area contributed by atoms with Gasteiger partial charge in [-0.2, -0.15) is 23.5 Å². The Morgan fingerprint density at radius 1 is 0.880 bits per heavy atom. The summed E-state index contributed by atoms with van der Waals surface area (Å²) in [6.07, 6.45) is 2.57. The molecule has 0 saturated carbocycles. The molecule has 0 amide bonds. The van der Waals surface area contributed by atoms with Gasteiger partial charge in [-0.15, -0.1) is 0 Å². The van der Waals surface area contributed by atoms with Crippen molar-refractivity contribution in [2.24, 2.45) is 0 Å². The molecule has 2 atom stereocenters. The second-order valence-electron chi connectivity index (χ2n) is 6.09. The van der Waals surface area contributed by atoms with Gasteiger partial charge in [0.05, 0.1) is 38.5 Å². The van der Waals surface area contributed by atoms with Gasteiger partial charge in [-0.05, 0) is 18.4 Å². The smallest absolute Gasteiger partial charge is 0.336 e. The summed E-state index contributed by atoms with van der Waals surface area (Å²) in [7, 11) is 0. The van der Waals surface area contributed by atoms with Crippen LogP contribution in [-0.2, 0) is 29.1 Å². The highest BCUT2D eigenvalue weighted by atomic mass is 32.2. The van der Waals surface area contributed by atoms with Crippen molar-refractivity contribution >= 4 is 23.5 Å². The first-order valence-corrected chi connectivity index (χ1v) is 10.9. The normalized spacial score (nSPS) is 21.5. The molecule has 10 heteroatoms. The minimum Gasteiger partial charge on any atom is -0.371 e. The topological polar surface area (TPSA) is 91.1 Å². The van der Waals surface area contributed by atoms with E-state index in [2.05, 4.69) is 6.26 Å². The summed E-state index contributed by atoms with van der Waals surface area (Å²) in [5, 5.41) is 0. The van der Waals surface area contributed by atoms with Crippen molar-refractivity contribution < 1.29 is 9.47 Å². The number of thioether (sulfide) groups is 2. The predicted molar refractivity (Wildman–Crippen MR) is 99.0 cm³/mol. The fraction of sp³-hybridized carbons (Fsp3) is 0.800. The molecule has 140 valence electrons. The molecule has 3 heterocycles. The lowest BCUT2D eigenvalue weighted by atomic mass is 10.4. The molecular weight excluding hydrogens is 366 g/mol. The van der Waals surface area contributed by atoms with Crippen LogP contribution >= 0.6 is 23.5 Å². The maximum absolute atomic E-state index is 12.6. The minimum absolute atomic E-state index is 0.107. The first-order chi connectivity index (χ1) is 12.1. The van der Waals surface area contributed by atoms with E-state index in [4.69, 9.17) is 9.47 Å². The third kappa shape index (κ3) is 5.02. The van der Waals surface area contributed by atoms with Crippen LogP contribution in [0.3, 0.4) is 0 Å². The van der Waals surface area contributed by atoms with Gasteiger partial charge in [0.1, 0.15) is 0 Å². The molecule has 1 aromatic rings. The van der Waals surface area contributed by atoms with E-state index < -0.39 is 17.1 Å². The van der Waals surface area contributed by atoms with Gasteiger partial charge in [-0.3, -0.25) is 0 Å². The zero-order valence-electron chi connectivity index (χ0n) is 14.2. The summed E-state index contributed by atoms with van der Waals surface area (Å²) in [6, 6.07) is 0. The van der Waals surface area contributed by atoms with Crippen molar-refractivity contribution in [3.63, 3.8) is 0 Å². The van der Waals surface area contributed by atoms with E-state index in [1.807, 2.05) is 11.8 Å². The number of nitrogens with zero attached hydrogens (tertiary/aromatic N) is 3. The van der Waals surface area contributed by atoms with Gasteiger partial charge >= 0.3 is 17.1 Å². The van der Waals surface area contributed by atoms with Crippen LogP contribution in [0.4, 0.5) is 0 Å². The second-order valence-corrected chi connectivity index (χ2v) is 8.30. The SMILES string of the molecule is CSCCSCCCn1c(=O)n(CC2CO2)c(=O)n(CC2CO2)c1=O. The van der Waals surface area contributed by atoms with Gasteiger partial charge in [0.25, 0.3) is 0 Å². The number of hydrogen-bond donors (Lipinski definition) is 0. The lowest BCUT2D eigenvalue weighted by Gasteiger charge is -2.12. The molecule has 25 heavy (non-hydrogen) atoms. The molecule has 0 spiro atoms. The van der Waals surface area contributed by atoms with Crippen molar-refractivity contribution in [1.82, 2.24) is 13.7 Å². The Kier molecular flexibility index (Phi) is 6.48. The Morgan fingerprint density at radius 3 is 1.88 bits per heavy atom. The molecule has 2 saturated heterocycles. The van der Waals surface area contributed by atoms with Crippen LogP contribution in [-0.4, -0.2) is 62.6 Å². The highest BCUT2D eigenvalue weighted by molar-refractivity contribution is 8.02. The molecule has 0 N–H and O–H groups in total. The molecule has 1 aromatic heterocycles. The zero-order valence-corrected chi connectivity index (χ0v) is 15.9. The average Bonchev–Trinajstić information content (AvgIpc) is 3.50. The van der Waals surface area contributed by atoms with E-state index in [1.54, 1.807) is 11.8 Å². The number of ether oxygens (including phenoxy) is 2. The van der Waals surface area contributed by atoms with Crippen molar-refractivity contribution in [2.45, 2.75) is 38.3 Å². The third-order valence-electron chi connectivity index (χ3n) is 4.06. The van der Waals surface area contributed by atoms with Crippen molar-refractivity contribution in [3.8, 4) is 0 Å². The molecule has 3 rings (SSSR count). The molecule has 0 aromatic carbocycles. The van der Waals surface area contributed by atoms with Crippen LogP contribution in [0.15, 0.2) is 14.4 Å². The second kappa shape index (κ2) is 8.61. The predicted octanol–water partition coefficient (Wildman–Crippen LogP) is -0.544. The van der Waals surface area contributed by atoms with Crippen LogP contribution in [0.5, 0.6) is 0 Å². The standard InChI is InChI=1S/C15H23N3O5S2/c1-24-5-6-25-4-2-3-16-13(19)17(7-11-9-22-11)15(21)18(14(16)20)8-12-10-23-12/h11-12H,2-10H2,1H3. The summed E-state index contributed by atoms with van der Waals surface area (Å²) < 4.78 is 13.7. The average molecular weight is 389 g/mol. The minimum atomic E-state index is -0.563. The van der Waals surface area contributed by atoms with Gasteiger partial charge in [0.15, 0.2) is 0 Å². The maximum Gasteiger partial charge on any atom is 0.336 e. The van der Waals surface area contributed by atoms with Crippen LogP contribution in [0.1, 0.15) is 6.42 Å². The first-order valence-electron chi connectivity index (χ1n) is 8.36. The monoisotopic (exact) mass is 389 g/mol. The molecule has 2 aliphatic rings.